The number of rotatable bonds is 4. The van der Waals surface area contributed by atoms with Crippen LogP contribution in [0.15, 0.2) is 0 Å². The van der Waals surface area contributed by atoms with Gasteiger partial charge in [-0.2, -0.15) is 5.10 Å². The molecule has 1 aliphatic rings. The largest absolute Gasteiger partial charge is 0.306 e. The Morgan fingerprint density at radius 2 is 2.17 bits per heavy atom. The molecule has 5 heteroatoms. The first-order chi connectivity index (χ1) is 8.47. The lowest BCUT2D eigenvalue weighted by Crippen LogP contribution is -2.27. The molecule has 1 unspecified atom stereocenters. The SMILES string of the molecule is Cc1nn(C)c(Cl)c1CN(C)CC1CCN(C)C1. The van der Waals surface area contributed by atoms with E-state index in [-0.39, 0.29) is 0 Å². The summed E-state index contributed by atoms with van der Waals surface area (Å²) in [7, 11) is 6.26. The minimum absolute atomic E-state index is 0.767. The highest BCUT2D eigenvalue weighted by atomic mass is 35.5. The second-order valence-corrected chi connectivity index (χ2v) is 5.95. The first-order valence-electron chi connectivity index (χ1n) is 6.52. The molecule has 0 saturated carbocycles. The molecule has 2 heterocycles. The van der Waals surface area contributed by atoms with Gasteiger partial charge in [0.2, 0.25) is 0 Å². The van der Waals surface area contributed by atoms with E-state index in [4.69, 9.17) is 11.6 Å². The lowest BCUT2D eigenvalue weighted by Gasteiger charge is -2.20. The molecule has 1 saturated heterocycles. The first kappa shape index (κ1) is 13.8. The Morgan fingerprint density at radius 3 is 2.67 bits per heavy atom. The quantitative estimate of drug-likeness (QED) is 0.833. The number of aryl methyl sites for hydroxylation is 2. The molecular formula is C13H23ClN4. The summed E-state index contributed by atoms with van der Waals surface area (Å²) in [5.41, 5.74) is 2.20. The van der Waals surface area contributed by atoms with Gasteiger partial charge >= 0.3 is 0 Å². The van der Waals surface area contributed by atoms with E-state index in [1.165, 1.54) is 19.5 Å². The van der Waals surface area contributed by atoms with Crippen molar-refractivity contribution in [1.29, 1.82) is 0 Å². The van der Waals surface area contributed by atoms with Gasteiger partial charge in [-0.1, -0.05) is 11.6 Å². The van der Waals surface area contributed by atoms with Gasteiger partial charge in [-0.15, -0.1) is 0 Å². The van der Waals surface area contributed by atoms with Crippen LogP contribution in [0.25, 0.3) is 0 Å². The fourth-order valence-corrected chi connectivity index (χ4v) is 3.04. The van der Waals surface area contributed by atoms with Crippen molar-refractivity contribution in [3.63, 3.8) is 0 Å². The zero-order chi connectivity index (χ0) is 13.3. The van der Waals surface area contributed by atoms with E-state index in [1.807, 2.05) is 14.0 Å². The minimum Gasteiger partial charge on any atom is -0.306 e. The van der Waals surface area contributed by atoms with Gasteiger partial charge < -0.3 is 9.80 Å². The van der Waals surface area contributed by atoms with Gasteiger partial charge in [0.25, 0.3) is 0 Å². The molecule has 2 rings (SSSR count). The smallest absolute Gasteiger partial charge is 0.131 e. The molecule has 0 N–H and O–H groups in total. The topological polar surface area (TPSA) is 24.3 Å². The van der Waals surface area contributed by atoms with Crippen molar-refractivity contribution in [1.82, 2.24) is 19.6 Å². The average Bonchev–Trinajstić information content (AvgIpc) is 2.78. The van der Waals surface area contributed by atoms with Crippen LogP contribution >= 0.6 is 11.6 Å². The van der Waals surface area contributed by atoms with Crippen LogP contribution in [-0.4, -0.2) is 53.3 Å². The van der Waals surface area contributed by atoms with Crippen molar-refractivity contribution < 1.29 is 0 Å². The Bertz CT molecular complexity index is 415. The summed E-state index contributed by atoms with van der Waals surface area (Å²) in [6.45, 7) is 6.49. The van der Waals surface area contributed by atoms with Crippen molar-refractivity contribution >= 4 is 11.6 Å². The molecule has 1 aromatic heterocycles. The second kappa shape index (κ2) is 5.59. The van der Waals surface area contributed by atoms with E-state index < -0.39 is 0 Å². The molecule has 1 aromatic rings. The van der Waals surface area contributed by atoms with E-state index in [0.717, 1.165) is 35.4 Å². The number of likely N-dealkylation sites (tertiary alicyclic amines) is 1. The van der Waals surface area contributed by atoms with E-state index in [0.29, 0.717) is 0 Å². The fraction of sp³-hybridized carbons (Fsp3) is 0.769. The lowest BCUT2D eigenvalue weighted by atomic mass is 10.1. The number of aromatic nitrogens is 2. The van der Waals surface area contributed by atoms with Crippen LogP contribution in [0.5, 0.6) is 0 Å². The Morgan fingerprint density at radius 1 is 1.44 bits per heavy atom. The van der Waals surface area contributed by atoms with Gasteiger partial charge in [0, 0.05) is 32.2 Å². The molecule has 1 aliphatic heterocycles. The average molecular weight is 271 g/mol. The van der Waals surface area contributed by atoms with Crippen LogP contribution in [0.2, 0.25) is 5.15 Å². The predicted molar refractivity (Wildman–Crippen MR) is 74.9 cm³/mol. The Labute approximate surface area is 115 Å². The molecule has 0 aliphatic carbocycles. The Balaban J connectivity index is 1.92. The molecule has 0 bridgehead atoms. The maximum absolute atomic E-state index is 6.26. The number of hydrogen-bond acceptors (Lipinski definition) is 3. The summed E-state index contributed by atoms with van der Waals surface area (Å²) in [5.74, 6) is 0.788. The third-order valence-electron chi connectivity index (χ3n) is 3.76. The fourth-order valence-electron chi connectivity index (χ4n) is 2.80. The molecular weight excluding hydrogens is 248 g/mol. The van der Waals surface area contributed by atoms with Gasteiger partial charge in [0.1, 0.15) is 5.15 Å². The van der Waals surface area contributed by atoms with Crippen molar-refractivity contribution in [3.8, 4) is 0 Å². The Kier molecular flexibility index (Phi) is 4.30. The van der Waals surface area contributed by atoms with E-state index >= 15 is 0 Å². The van der Waals surface area contributed by atoms with Crippen molar-refractivity contribution in [2.24, 2.45) is 13.0 Å². The zero-order valence-corrected chi connectivity index (χ0v) is 12.5. The maximum atomic E-state index is 6.26. The third kappa shape index (κ3) is 3.05. The van der Waals surface area contributed by atoms with Crippen LogP contribution < -0.4 is 0 Å². The predicted octanol–water partition coefficient (Wildman–Crippen LogP) is 1.77. The monoisotopic (exact) mass is 270 g/mol. The highest BCUT2D eigenvalue weighted by Crippen LogP contribution is 2.21. The third-order valence-corrected chi connectivity index (χ3v) is 4.23. The molecule has 1 fully saturated rings. The molecule has 18 heavy (non-hydrogen) atoms. The van der Waals surface area contributed by atoms with Crippen molar-refractivity contribution in [2.75, 3.05) is 33.7 Å². The van der Waals surface area contributed by atoms with E-state index in [2.05, 4.69) is 29.0 Å². The molecule has 0 radical (unpaired) electrons. The van der Waals surface area contributed by atoms with Crippen LogP contribution in [-0.2, 0) is 13.6 Å². The van der Waals surface area contributed by atoms with Crippen molar-refractivity contribution in [2.45, 2.75) is 19.9 Å². The summed E-state index contributed by atoms with van der Waals surface area (Å²) in [4.78, 5) is 4.76. The van der Waals surface area contributed by atoms with Gasteiger partial charge in [-0.3, -0.25) is 4.68 Å². The van der Waals surface area contributed by atoms with Crippen molar-refractivity contribution in [3.05, 3.63) is 16.4 Å². The minimum atomic E-state index is 0.767. The highest BCUT2D eigenvalue weighted by molar-refractivity contribution is 6.30. The molecule has 102 valence electrons. The van der Waals surface area contributed by atoms with Crippen LogP contribution in [0.1, 0.15) is 17.7 Å². The molecule has 4 nitrogen and oxygen atoms in total. The van der Waals surface area contributed by atoms with Gasteiger partial charge in [0.05, 0.1) is 5.69 Å². The maximum Gasteiger partial charge on any atom is 0.131 e. The van der Waals surface area contributed by atoms with E-state index in [9.17, 15) is 0 Å². The standard InChI is InChI=1S/C13H23ClN4/c1-10-12(13(14)18(4)15-10)9-17(3)8-11-5-6-16(2)7-11/h11H,5-9H2,1-4H3. The number of hydrogen-bond donors (Lipinski definition) is 0. The lowest BCUT2D eigenvalue weighted by molar-refractivity contribution is 0.267. The van der Waals surface area contributed by atoms with Gasteiger partial charge in [-0.25, -0.2) is 0 Å². The van der Waals surface area contributed by atoms with E-state index in [1.54, 1.807) is 4.68 Å². The summed E-state index contributed by atoms with van der Waals surface area (Å²) >= 11 is 6.26. The number of halogens is 1. The zero-order valence-electron chi connectivity index (χ0n) is 11.8. The summed E-state index contributed by atoms with van der Waals surface area (Å²) in [5, 5.41) is 5.12. The van der Waals surface area contributed by atoms with Crippen LogP contribution in [0.3, 0.4) is 0 Å². The summed E-state index contributed by atoms with van der Waals surface area (Å²) in [6, 6.07) is 0. The second-order valence-electron chi connectivity index (χ2n) is 5.59. The molecule has 0 aromatic carbocycles. The highest BCUT2D eigenvalue weighted by Gasteiger charge is 2.21. The first-order valence-corrected chi connectivity index (χ1v) is 6.90. The van der Waals surface area contributed by atoms with Crippen LogP contribution in [0.4, 0.5) is 0 Å². The molecule has 0 spiro atoms. The summed E-state index contributed by atoms with van der Waals surface area (Å²) < 4.78 is 1.75. The molecule has 0 amide bonds. The number of nitrogens with zero attached hydrogens (tertiary/aromatic N) is 4. The molecule has 1 atom stereocenters. The normalized spacial score (nSPS) is 21.1. The summed E-state index contributed by atoms with van der Waals surface area (Å²) in [6.07, 6.45) is 1.31. The van der Waals surface area contributed by atoms with Gasteiger partial charge in [0.15, 0.2) is 0 Å². The Hall–Kier alpha value is -0.580. The van der Waals surface area contributed by atoms with Crippen LogP contribution in [0, 0.1) is 12.8 Å². The van der Waals surface area contributed by atoms with Gasteiger partial charge in [-0.05, 0) is 39.9 Å².